The van der Waals surface area contributed by atoms with Crippen molar-refractivity contribution < 1.29 is 9.59 Å². The lowest BCUT2D eigenvalue weighted by atomic mass is 10.1. The van der Waals surface area contributed by atoms with Crippen molar-refractivity contribution in [3.05, 3.63) is 53.6 Å². The Morgan fingerprint density at radius 3 is 2.52 bits per heavy atom. The van der Waals surface area contributed by atoms with Crippen LogP contribution in [-0.2, 0) is 16.1 Å². The van der Waals surface area contributed by atoms with E-state index in [0.717, 1.165) is 48.2 Å². The zero-order chi connectivity index (χ0) is 22.9. The van der Waals surface area contributed by atoms with Crippen LogP contribution in [0.15, 0.2) is 47.6 Å². The lowest BCUT2D eigenvalue weighted by Gasteiger charge is -2.15. The number of thioether (sulfide) groups is 1. The van der Waals surface area contributed by atoms with Gasteiger partial charge in [0, 0.05) is 18.8 Å². The number of carbonyl (C=O) groups is 2. The number of nitrogens with one attached hydrogen (secondary N) is 1. The highest BCUT2D eigenvalue weighted by molar-refractivity contribution is 7.99. The fraction of sp³-hybridized carbons (Fsp3) is 0.333. The molecule has 1 N–H and O–H groups in total. The lowest BCUT2D eigenvalue weighted by molar-refractivity contribution is -0.130. The van der Waals surface area contributed by atoms with Gasteiger partial charge in [0.15, 0.2) is 5.16 Å². The Hall–Kier alpha value is -3.33. The van der Waals surface area contributed by atoms with Gasteiger partial charge in [0.2, 0.25) is 17.6 Å². The maximum absolute atomic E-state index is 12.8. The molecule has 9 heteroatoms. The minimum Gasteiger partial charge on any atom is -0.341 e. The summed E-state index contributed by atoms with van der Waals surface area (Å²) in [6.07, 6.45) is 2.12. The molecular weight excluding hydrogens is 436 g/mol. The summed E-state index contributed by atoms with van der Waals surface area (Å²) in [5, 5.41) is 12.3. The molecule has 0 atom stereocenters. The average molecular weight is 463 g/mol. The number of para-hydroxylation sites is 2. The van der Waals surface area contributed by atoms with E-state index in [4.69, 9.17) is 0 Å². The molecule has 0 saturated carbocycles. The highest BCUT2D eigenvalue weighted by atomic mass is 32.2. The minimum absolute atomic E-state index is 0.0979. The Kier molecular flexibility index (Phi) is 5.80. The Bertz CT molecular complexity index is 1350. The van der Waals surface area contributed by atoms with E-state index in [1.807, 2.05) is 70.2 Å². The van der Waals surface area contributed by atoms with Crippen LogP contribution < -0.4 is 5.32 Å². The topological polar surface area (TPSA) is 84.5 Å². The Morgan fingerprint density at radius 1 is 1.00 bits per heavy atom. The summed E-state index contributed by atoms with van der Waals surface area (Å²) in [7, 11) is 0. The van der Waals surface area contributed by atoms with Crippen molar-refractivity contribution in [3.63, 3.8) is 0 Å². The van der Waals surface area contributed by atoms with E-state index in [1.165, 1.54) is 17.3 Å². The largest absolute Gasteiger partial charge is 0.341 e. The van der Waals surface area contributed by atoms with E-state index in [2.05, 4.69) is 15.5 Å². The Labute approximate surface area is 196 Å². The number of carbonyl (C=O) groups excluding carboxylic acids is 2. The number of rotatable bonds is 6. The number of imidazole rings is 1. The van der Waals surface area contributed by atoms with Gasteiger partial charge in [0.05, 0.1) is 16.8 Å². The molecule has 5 rings (SSSR count). The second-order valence-electron chi connectivity index (χ2n) is 8.42. The molecule has 1 aliphatic heterocycles. The number of likely N-dealkylation sites (tertiary alicyclic amines) is 1. The zero-order valence-electron chi connectivity index (χ0n) is 18.7. The smallest absolute Gasteiger partial charge is 0.242 e. The molecule has 3 heterocycles. The summed E-state index contributed by atoms with van der Waals surface area (Å²) in [6.45, 7) is 5.93. The highest BCUT2D eigenvalue weighted by Gasteiger charge is 2.23. The normalized spacial score (nSPS) is 13.8. The number of nitrogens with zero attached hydrogens (tertiary/aromatic N) is 5. The monoisotopic (exact) mass is 462 g/mol. The molecule has 0 radical (unpaired) electrons. The fourth-order valence-electron chi connectivity index (χ4n) is 4.23. The van der Waals surface area contributed by atoms with Gasteiger partial charge in [-0.05, 0) is 62.1 Å². The van der Waals surface area contributed by atoms with Crippen molar-refractivity contribution in [1.82, 2.24) is 24.1 Å². The number of anilines is 1. The van der Waals surface area contributed by atoms with E-state index in [1.54, 1.807) is 0 Å². The first kappa shape index (κ1) is 21.5. The fourth-order valence-corrected chi connectivity index (χ4v) is 4.97. The Balaban J connectivity index is 1.37. The van der Waals surface area contributed by atoms with Crippen molar-refractivity contribution in [2.75, 3.05) is 24.2 Å². The third kappa shape index (κ3) is 4.20. The molecule has 0 unspecified atom stereocenters. The number of aromatic nitrogens is 4. The third-order valence-corrected chi connectivity index (χ3v) is 7.08. The molecule has 8 nitrogen and oxygen atoms in total. The van der Waals surface area contributed by atoms with Crippen LogP contribution in [0, 0.1) is 13.8 Å². The minimum atomic E-state index is -0.104. The predicted molar refractivity (Wildman–Crippen MR) is 130 cm³/mol. The number of fused-ring (bicyclic) bond motifs is 3. The van der Waals surface area contributed by atoms with Crippen molar-refractivity contribution >= 4 is 46.1 Å². The number of benzene rings is 2. The van der Waals surface area contributed by atoms with Gasteiger partial charge in [-0.2, -0.15) is 0 Å². The summed E-state index contributed by atoms with van der Waals surface area (Å²) >= 11 is 1.33. The Morgan fingerprint density at radius 2 is 1.76 bits per heavy atom. The molecule has 0 spiro atoms. The second kappa shape index (κ2) is 8.90. The molecule has 170 valence electrons. The molecule has 1 saturated heterocycles. The van der Waals surface area contributed by atoms with Crippen molar-refractivity contribution in [3.8, 4) is 0 Å². The van der Waals surface area contributed by atoms with Gasteiger partial charge in [-0.25, -0.2) is 0 Å². The summed E-state index contributed by atoms with van der Waals surface area (Å²) in [5.74, 6) is 0.814. The van der Waals surface area contributed by atoms with Gasteiger partial charge in [-0.15, -0.1) is 10.2 Å². The van der Waals surface area contributed by atoms with Crippen LogP contribution in [-0.4, -0.2) is 54.7 Å². The van der Waals surface area contributed by atoms with Gasteiger partial charge < -0.3 is 10.2 Å². The second-order valence-corrected chi connectivity index (χ2v) is 9.36. The van der Waals surface area contributed by atoms with E-state index in [-0.39, 0.29) is 24.1 Å². The van der Waals surface area contributed by atoms with E-state index in [9.17, 15) is 9.59 Å². The molecule has 0 aliphatic carbocycles. The van der Waals surface area contributed by atoms with Crippen LogP contribution in [0.4, 0.5) is 5.69 Å². The summed E-state index contributed by atoms with van der Waals surface area (Å²) in [6, 6.07) is 13.8. The van der Waals surface area contributed by atoms with Crippen molar-refractivity contribution in [2.24, 2.45) is 0 Å². The van der Waals surface area contributed by atoms with Crippen LogP contribution >= 0.6 is 11.8 Å². The summed E-state index contributed by atoms with van der Waals surface area (Å²) < 4.78 is 3.85. The van der Waals surface area contributed by atoms with Gasteiger partial charge in [-0.3, -0.25) is 18.6 Å². The average Bonchev–Trinajstić information content (AvgIpc) is 3.54. The number of hydrogen-bond acceptors (Lipinski definition) is 5. The SMILES string of the molecule is Cc1ccc(NC(=O)CSc2nnc3n(CC(=O)N4CCCC4)c4ccccc4n23)cc1C. The molecule has 2 aromatic heterocycles. The summed E-state index contributed by atoms with van der Waals surface area (Å²) in [4.78, 5) is 27.3. The number of aryl methyl sites for hydroxylation is 2. The summed E-state index contributed by atoms with van der Waals surface area (Å²) in [5.41, 5.74) is 4.95. The predicted octanol–water partition coefficient (Wildman–Crippen LogP) is 3.65. The van der Waals surface area contributed by atoms with E-state index in [0.29, 0.717) is 10.9 Å². The van der Waals surface area contributed by atoms with Gasteiger partial charge >= 0.3 is 0 Å². The van der Waals surface area contributed by atoms with Crippen LogP contribution in [0.5, 0.6) is 0 Å². The lowest BCUT2D eigenvalue weighted by Crippen LogP contribution is -2.31. The number of amides is 2. The van der Waals surface area contributed by atoms with Gasteiger partial charge in [0.1, 0.15) is 6.54 Å². The van der Waals surface area contributed by atoms with Crippen LogP contribution in [0.25, 0.3) is 16.8 Å². The molecule has 4 aromatic rings. The third-order valence-electron chi connectivity index (χ3n) is 6.15. The molecule has 1 fully saturated rings. The first-order valence-electron chi connectivity index (χ1n) is 11.1. The van der Waals surface area contributed by atoms with Crippen LogP contribution in [0.3, 0.4) is 0 Å². The maximum atomic E-state index is 12.8. The quantitative estimate of drug-likeness (QED) is 0.442. The molecule has 0 bridgehead atoms. The van der Waals surface area contributed by atoms with Gasteiger partial charge in [-0.1, -0.05) is 30.0 Å². The first-order valence-corrected chi connectivity index (χ1v) is 12.1. The number of hydrogen-bond donors (Lipinski definition) is 1. The molecule has 2 aromatic carbocycles. The van der Waals surface area contributed by atoms with E-state index >= 15 is 0 Å². The molecule has 2 amide bonds. The first-order chi connectivity index (χ1) is 16.0. The maximum Gasteiger partial charge on any atom is 0.242 e. The molecular formula is C24H26N6O2S. The van der Waals surface area contributed by atoms with E-state index < -0.39 is 0 Å². The van der Waals surface area contributed by atoms with Crippen molar-refractivity contribution in [2.45, 2.75) is 38.4 Å². The van der Waals surface area contributed by atoms with Crippen molar-refractivity contribution in [1.29, 1.82) is 0 Å². The van der Waals surface area contributed by atoms with Crippen LogP contribution in [0.2, 0.25) is 0 Å². The molecule has 33 heavy (non-hydrogen) atoms. The standard InChI is InChI=1S/C24H26N6O2S/c1-16-9-10-18(13-17(16)2)25-21(31)15-33-24-27-26-23-29(14-22(32)28-11-5-6-12-28)19-7-3-4-8-20(19)30(23)24/h3-4,7-10,13H,5-6,11-12,14-15H2,1-2H3,(H,25,31). The zero-order valence-corrected chi connectivity index (χ0v) is 19.6. The highest BCUT2D eigenvalue weighted by Crippen LogP contribution is 2.26. The van der Waals surface area contributed by atoms with Crippen LogP contribution in [0.1, 0.15) is 24.0 Å². The van der Waals surface area contributed by atoms with Gasteiger partial charge in [0.25, 0.3) is 0 Å². The molecule has 1 aliphatic rings.